The Morgan fingerprint density at radius 2 is 2.09 bits per heavy atom. The topological polar surface area (TPSA) is 102 Å². The number of nitrogens with zero attached hydrogens (tertiary/aromatic N) is 3. The fourth-order valence-electron chi connectivity index (χ4n) is 2.02. The van der Waals surface area contributed by atoms with E-state index < -0.39 is 4.92 Å². The van der Waals surface area contributed by atoms with Crippen molar-refractivity contribution in [2.45, 2.75) is 13.0 Å². The van der Waals surface area contributed by atoms with Gasteiger partial charge in [-0.15, -0.1) is 0 Å². The van der Waals surface area contributed by atoms with Gasteiger partial charge in [-0.25, -0.2) is 4.98 Å². The van der Waals surface area contributed by atoms with Crippen LogP contribution in [0.1, 0.15) is 21.9 Å². The van der Waals surface area contributed by atoms with E-state index in [0.717, 1.165) is 5.56 Å². The van der Waals surface area contributed by atoms with Crippen molar-refractivity contribution in [2.75, 3.05) is 20.6 Å². The molecule has 8 nitrogen and oxygen atoms in total. The SMILES string of the molecule is CNCc1nc(C(=O)N(C)CCc2ccc([N+](=O)[O-])cc2)co1. The molecule has 2 rings (SSSR count). The summed E-state index contributed by atoms with van der Waals surface area (Å²) >= 11 is 0. The average Bonchev–Trinajstić information content (AvgIpc) is 3.01. The highest BCUT2D eigenvalue weighted by Gasteiger charge is 2.16. The Hall–Kier alpha value is -2.74. The van der Waals surface area contributed by atoms with Gasteiger partial charge < -0.3 is 14.6 Å². The van der Waals surface area contributed by atoms with Crippen LogP contribution in [0.3, 0.4) is 0 Å². The molecule has 1 heterocycles. The number of hydrogen-bond donors (Lipinski definition) is 1. The molecule has 0 aliphatic heterocycles. The van der Waals surface area contributed by atoms with Crippen LogP contribution in [-0.4, -0.2) is 41.4 Å². The monoisotopic (exact) mass is 318 g/mol. The van der Waals surface area contributed by atoms with E-state index in [2.05, 4.69) is 10.3 Å². The van der Waals surface area contributed by atoms with Crippen LogP contribution in [0.2, 0.25) is 0 Å². The minimum atomic E-state index is -0.438. The third-order valence-corrected chi connectivity index (χ3v) is 3.33. The highest BCUT2D eigenvalue weighted by molar-refractivity contribution is 5.91. The molecule has 23 heavy (non-hydrogen) atoms. The number of carbonyl (C=O) groups is 1. The largest absolute Gasteiger partial charge is 0.447 e. The minimum Gasteiger partial charge on any atom is -0.447 e. The van der Waals surface area contributed by atoms with Crippen molar-refractivity contribution in [3.05, 3.63) is 57.8 Å². The standard InChI is InChI=1S/C15H18N4O4/c1-16-9-14-17-13(10-23-14)15(20)18(2)8-7-11-3-5-12(6-4-11)19(21)22/h3-6,10,16H,7-9H2,1-2H3. The van der Waals surface area contributed by atoms with E-state index in [9.17, 15) is 14.9 Å². The van der Waals surface area contributed by atoms with Gasteiger partial charge in [-0.3, -0.25) is 14.9 Å². The van der Waals surface area contributed by atoms with Crippen molar-refractivity contribution in [1.29, 1.82) is 0 Å². The minimum absolute atomic E-state index is 0.0536. The van der Waals surface area contributed by atoms with E-state index in [1.54, 1.807) is 31.1 Å². The lowest BCUT2D eigenvalue weighted by Gasteiger charge is -2.15. The molecule has 0 radical (unpaired) electrons. The summed E-state index contributed by atoms with van der Waals surface area (Å²) in [6.45, 7) is 0.935. The Kier molecular flexibility index (Phi) is 5.42. The molecular weight excluding hydrogens is 300 g/mol. The number of amides is 1. The van der Waals surface area contributed by atoms with E-state index in [0.29, 0.717) is 25.4 Å². The van der Waals surface area contributed by atoms with Crippen molar-refractivity contribution in [3.8, 4) is 0 Å². The molecule has 1 aromatic carbocycles. The van der Waals surface area contributed by atoms with Gasteiger partial charge >= 0.3 is 0 Å². The second kappa shape index (κ2) is 7.50. The lowest BCUT2D eigenvalue weighted by atomic mass is 10.1. The number of oxazole rings is 1. The number of rotatable bonds is 7. The van der Waals surface area contributed by atoms with Crippen molar-refractivity contribution in [3.63, 3.8) is 0 Å². The van der Waals surface area contributed by atoms with Gasteiger partial charge in [0.05, 0.1) is 11.5 Å². The number of hydrogen-bond acceptors (Lipinski definition) is 6. The summed E-state index contributed by atoms with van der Waals surface area (Å²) in [7, 11) is 3.45. The van der Waals surface area contributed by atoms with Gasteiger partial charge in [0, 0.05) is 25.7 Å². The van der Waals surface area contributed by atoms with Crippen LogP contribution in [-0.2, 0) is 13.0 Å². The number of benzene rings is 1. The molecule has 0 aliphatic carbocycles. The van der Waals surface area contributed by atoms with Crippen LogP contribution in [0.25, 0.3) is 0 Å². The Morgan fingerprint density at radius 1 is 1.39 bits per heavy atom. The summed E-state index contributed by atoms with van der Waals surface area (Å²) in [5.74, 6) is 0.234. The molecule has 0 fully saturated rings. The fraction of sp³-hybridized carbons (Fsp3) is 0.333. The van der Waals surface area contributed by atoms with E-state index in [4.69, 9.17) is 4.42 Å². The molecule has 0 spiro atoms. The number of nitro benzene ring substituents is 1. The molecular formula is C15H18N4O4. The number of aromatic nitrogens is 1. The first kappa shape index (κ1) is 16.6. The van der Waals surface area contributed by atoms with Gasteiger partial charge in [-0.05, 0) is 19.0 Å². The Balaban J connectivity index is 1.91. The van der Waals surface area contributed by atoms with Crippen molar-refractivity contribution < 1.29 is 14.1 Å². The highest BCUT2D eigenvalue weighted by Crippen LogP contribution is 2.13. The molecule has 0 atom stereocenters. The predicted octanol–water partition coefficient (Wildman–Crippen LogP) is 1.62. The van der Waals surface area contributed by atoms with Crippen molar-refractivity contribution in [1.82, 2.24) is 15.2 Å². The summed E-state index contributed by atoms with van der Waals surface area (Å²) in [6, 6.07) is 6.30. The maximum atomic E-state index is 12.2. The first-order valence-electron chi connectivity index (χ1n) is 7.09. The Labute approximate surface area is 133 Å². The molecule has 1 amide bonds. The highest BCUT2D eigenvalue weighted by atomic mass is 16.6. The number of nitro groups is 1. The molecule has 0 bridgehead atoms. The van der Waals surface area contributed by atoms with Crippen LogP contribution in [0, 0.1) is 10.1 Å². The Bertz CT molecular complexity index is 681. The van der Waals surface area contributed by atoms with Gasteiger partial charge in [0.1, 0.15) is 6.26 Å². The third-order valence-electron chi connectivity index (χ3n) is 3.33. The van der Waals surface area contributed by atoms with Gasteiger partial charge in [0.2, 0.25) is 5.89 Å². The van der Waals surface area contributed by atoms with Crippen molar-refractivity contribution >= 4 is 11.6 Å². The second-order valence-corrected chi connectivity index (χ2v) is 5.06. The van der Waals surface area contributed by atoms with Crippen LogP contribution >= 0.6 is 0 Å². The zero-order chi connectivity index (χ0) is 16.8. The van der Waals surface area contributed by atoms with E-state index in [1.807, 2.05) is 0 Å². The molecule has 1 N–H and O–H groups in total. The van der Waals surface area contributed by atoms with Gasteiger partial charge in [0.15, 0.2) is 5.69 Å². The summed E-state index contributed by atoms with van der Waals surface area (Å²) < 4.78 is 5.19. The molecule has 0 aliphatic rings. The maximum Gasteiger partial charge on any atom is 0.275 e. The smallest absolute Gasteiger partial charge is 0.275 e. The van der Waals surface area contributed by atoms with Crippen LogP contribution in [0.15, 0.2) is 34.9 Å². The van der Waals surface area contributed by atoms with Crippen LogP contribution in [0.5, 0.6) is 0 Å². The van der Waals surface area contributed by atoms with E-state index >= 15 is 0 Å². The fourth-order valence-corrected chi connectivity index (χ4v) is 2.02. The summed E-state index contributed by atoms with van der Waals surface area (Å²) in [6.07, 6.45) is 1.94. The summed E-state index contributed by atoms with van der Waals surface area (Å²) in [4.78, 5) is 28.0. The van der Waals surface area contributed by atoms with E-state index in [-0.39, 0.29) is 17.3 Å². The molecule has 122 valence electrons. The van der Waals surface area contributed by atoms with Crippen LogP contribution < -0.4 is 5.32 Å². The number of nitrogens with one attached hydrogen (secondary N) is 1. The lowest BCUT2D eigenvalue weighted by molar-refractivity contribution is -0.384. The number of carbonyl (C=O) groups excluding carboxylic acids is 1. The zero-order valence-electron chi connectivity index (χ0n) is 13.0. The lowest BCUT2D eigenvalue weighted by Crippen LogP contribution is -2.29. The number of likely N-dealkylation sites (N-methyl/N-ethyl adjacent to an activating group) is 1. The van der Waals surface area contributed by atoms with Crippen LogP contribution in [0.4, 0.5) is 5.69 Å². The van der Waals surface area contributed by atoms with Gasteiger partial charge in [0.25, 0.3) is 11.6 Å². The molecule has 2 aromatic rings. The van der Waals surface area contributed by atoms with E-state index in [1.165, 1.54) is 18.4 Å². The zero-order valence-corrected chi connectivity index (χ0v) is 13.0. The van der Waals surface area contributed by atoms with Crippen molar-refractivity contribution in [2.24, 2.45) is 0 Å². The Morgan fingerprint density at radius 3 is 2.70 bits per heavy atom. The molecule has 0 saturated carbocycles. The molecule has 8 heteroatoms. The number of non-ortho nitro benzene ring substituents is 1. The molecule has 0 saturated heterocycles. The van der Waals surface area contributed by atoms with Gasteiger partial charge in [-0.2, -0.15) is 0 Å². The first-order chi connectivity index (χ1) is 11.0. The first-order valence-corrected chi connectivity index (χ1v) is 7.09. The third kappa shape index (κ3) is 4.36. The summed E-state index contributed by atoms with van der Waals surface area (Å²) in [5, 5.41) is 13.5. The average molecular weight is 318 g/mol. The quantitative estimate of drug-likeness (QED) is 0.615. The predicted molar refractivity (Wildman–Crippen MR) is 83.0 cm³/mol. The normalized spacial score (nSPS) is 10.5. The maximum absolute atomic E-state index is 12.2. The molecule has 0 unspecified atom stereocenters. The molecule has 1 aromatic heterocycles. The van der Waals surface area contributed by atoms with Gasteiger partial charge in [-0.1, -0.05) is 12.1 Å². The summed E-state index contributed by atoms with van der Waals surface area (Å²) in [5.41, 5.74) is 1.24. The second-order valence-electron chi connectivity index (χ2n) is 5.06.